The van der Waals surface area contributed by atoms with Crippen LogP contribution >= 0.6 is 0 Å². The number of hydrogen-bond acceptors (Lipinski definition) is 3. The van der Waals surface area contributed by atoms with Crippen LogP contribution in [0.25, 0.3) is 0 Å². The highest BCUT2D eigenvalue weighted by molar-refractivity contribution is 5.79. The summed E-state index contributed by atoms with van der Waals surface area (Å²) < 4.78 is 41.9. The van der Waals surface area contributed by atoms with Gasteiger partial charge in [0, 0.05) is 25.4 Å². The summed E-state index contributed by atoms with van der Waals surface area (Å²) in [6, 6.07) is 3.57. The van der Waals surface area contributed by atoms with E-state index in [2.05, 4.69) is 20.6 Å². The lowest BCUT2D eigenvalue weighted by Gasteiger charge is -2.12. The Morgan fingerprint density at radius 2 is 2.04 bits per heavy atom. The fourth-order valence-corrected chi connectivity index (χ4v) is 1.65. The first-order valence-corrected chi connectivity index (χ1v) is 7.50. The van der Waals surface area contributed by atoms with Crippen LogP contribution in [0, 0.1) is 0 Å². The third-order valence-corrected chi connectivity index (χ3v) is 2.62. The van der Waals surface area contributed by atoms with Crippen LogP contribution in [0.15, 0.2) is 23.3 Å². The normalized spacial score (nSPS) is 12.4. The van der Waals surface area contributed by atoms with Crippen molar-refractivity contribution in [3.05, 3.63) is 23.9 Å². The smallest absolute Gasteiger partial charge is 0.390 e. The average molecular weight is 332 g/mol. The molecule has 0 aromatic carbocycles. The Bertz CT molecular complexity index is 486. The Morgan fingerprint density at radius 3 is 2.57 bits per heavy atom. The molecule has 0 fully saturated rings. The molecule has 1 heterocycles. The second kappa shape index (κ2) is 9.22. The molecule has 130 valence electrons. The van der Waals surface area contributed by atoms with E-state index in [1.165, 1.54) is 0 Å². The first-order valence-electron chi connectivity index (χ1n) is 7.50. The number of hydrogen-bond donors (Lipinski definition) is 2. The molecule has 0 saturated carbocycles. The van der Waals surface area contributed by atoms with E-state index in [4.69, 9.17) is 4.74 Å². The molecule has 1 aromatic rings. The summed E-state index contributed by atoms with van der Waals surface area (Å²) >= 11 is 0. The standard InChI is InChI=1S/C15H23F3N4O/c1-4-19-14(20-8-7-15(16,17)18)22-10-12-5-6-13(21-9-12)23-11(2)3/h5-6,9,11H,4,7-8,10H2,1-3H3,(H2,19,20,22). The summed E-state index contributed by atoms with van der Waals surface area (Å²) in [5, 5.41) is 5.56. The van der Waals surface area contributed by atoms with Gasteiger partial charge in [-0.2, -0.15) is 13.2 Å². The zero-order valence-electron chi connectivity index (χ0n) is 13.6. The summed E-state index contributed by atoms with van der Waals surface area (Å²) in [6.07, 6.45) is -3.40. The van der Waals surface area contributed by atoms with Crippen molar-refractivity contribution in [3.63, 3.8) is 0 Å². The molecule has 0 unspecified atom stereocenters. The number of pyridine rings is 1. The molecule has 2 N–H and O–H groups in total. The summed E-state index contributed by atoms with van der Waals surface area (Å²) in [7, 11) is 0. The van der Waals surface area contributed by atoms with E-state index in [0.717, 1.165) is 5.56 Å². The van der Waals surface area contributed by atoms with Gasteiger partial charge in [-0.3, -0.25) is 0 Å². The van der Waals surface area contributed by atoms with Crippen molar-refractivity contribution in [2.75, 3.05) is 13.1 Å². The summed E-state index contributed by atoms with van der Waals surface area (Å²) in [5.41, 5.74) is 0.842. The third-order valence-electron chi connectivity index (χ3n) is 2.62. The van der Waals surface area contributed by atoms with Crippen LogP contribution in [0.5, 0.6) is 5.88 Å². The van der Waals surface area contributed by atoms with E-state index in [-0.39, 0.29) is 12.6 Å². The van der Waals surface area contributed by atoms with Crippen LogP contribution in [0.3, 0.4) is 0 Å². The maximum atomic E-state index is 12.2. The Morgan fingerprint density at radius 1 is 1.30 bits per heavy atom. The quantitative estimate of drug-likeness (QED) is 0.595. The molecule has 0 aliphatic carbocycles. The number of nitrogens with zero attached hydrogens (tertiary/aromatic N) is 2. The second-order valence-corrected chi connectivity index (χ2v) is 5.16. The number of ether oxygens (including phenoxy) is 1. The van der Waals surface area contributed by atoms with Gasteiger partial charge in [0.2, 0.25) is 5.88 Å². The molecule has 0 radical (unpaired) electrons. The lowest BCUT2D eigenvalue weighted by atomic mass is 10.3. The number of rotatable bonds is 7. The fraction of sp³-hybridized carbons (Fsp3) is 0.600. The SMILES string of the molecule is CCNC(=NCc1ccc(OC(C)C)nc1)NCCC(F)(F)F. The highest BCUT2D eigenvalue weighted by Gasteiger charge is 2.26. The van der Waals surface area contributed by atoms with E-state index in [1.54, 1.807) is 12.3 Å². The topological polar surface area (TPSA) is 58.5 Å². The molecule has 0 atom stereocenters. The molecule has 0 aliphatic heterocycles. The molecular weight excluding hydrogens is 309 g/mol. The van der Waals surface area contributed by atoms with Gasteiger partial charge in [-0.25, -0.2) is 9.98 Å². The van der Waals surface area contributed by atoms with E-state index >= 15 is 0 Å². The summed E-state index contributed by atoms with van der Waals surface area (Å²) in [4.78, 5) is 8.40. The van der Waals surface area contributed by atoms with Crippen LogP contribution in [0.1, 0.15) is 32.8 Å². The predicted molar refractivity (Wildman–Crippen MR) is 83.5 cm³/mol. The molecule has 0 spiro atoms. The van der Waals surface area contributed by atoms with Crippen molar-refractivity contribution < 1.29 is 17.9 Å². The van der Waals surface area contributed by atoms with Crippen molar-refractivity contribution in [1.29, 1.82) is 0 Å². The Balaban J connectivity index is 2.55. The Kier molecular flexibility index (Phi) is 7.64. The van der Waals surface area contributed by atoms with Crippen molar-refractivity contribution in [1.82, 2.24) is 15.6 Å². The number of aromatic nitrogens is 1. The minimum atomic E-state index is -4.18. The van der Waals surface area contributed by atoms with Crippen LogP contribution in [0.4, 0.5) is 13.2 Å². The second-order valence-electron chi connectivity index (χ2n) is 5.16. The van der Waals surface area contributed by atoms with Gasteiger partial charge in [-0.05, 0) is 26.3 Å². The van der Waals surface area contributed by atoms with E-state index in [0.29, 0.717) is 24.9 Å². The molecule has 1 rings (SSSR count). The van der Waals surface area contributed by atoms with Gasteiger partial charge in [-0.15, -0.1) is 0 Å². The molecule has 5 nitrogen and oxygen atoms in total. The van der Waals surface area contributed by atoms with Crippen LogP contribution in [-0.4, -0.2) is 36.3 Å². The number of guanidine groups is 1. The third kappa shape index (κ3) is 8.90. The van der Waals surface area contributed by atoms with Gasteiger partial charge < -0.3 is 15.4 Å². The summed E-state index contributed by atoms with van der Waals surface area (Å²) in [5.74, 6) is 0.877. The predicted octanol–water partition coefficient (Wildman–Crippen LogP) is 2.88. The molecular formula is C15H23F3N4O. The van der Waals surface area contributed by atoms with Gasteiger partial charge >= 0.3 is 6.18 Å². The van der Waals surface area contributed by atoms with E-state index < -0.39 is 12.6 Å². The molecule has 0 aliphatic rings. The lowest BCUT2D eigenvalue weighted by Crippen LogP contribution is -2.38. The van der Waals surface area contributed by atoms with Crippen molar-refractivity contribution in [2.24, 2.45) is 4.99 Å². The Hall–Kier alpha value is -1.99. The molecule has 0 saturated heterocycles. The van der Waals surface area contributed by atoms with Gasteiger partial charge in [0.15, 0.2) is 5.96 Å². The van der Waals surface area contributed by atoms with Gasteiger partial charge in [-0.1, -0.05) is 6.07 Å². The zero-order valence-corrected chi connectivity index (χ0v) is 13.6. The first kappa shape index (κ1) is 19.1. The van der Waals surface area contributed by atoms with E-state index in [9.17, 15) is 13.2 Å². The number of alkyl halides is 3. The highest BCUT2D eigenvalue weighted by atomic mass is 19.4. The fourth-order valence-electron chi connectivity index (χ4n) is 1.65. The molecule has 1 aromatic heterocycles. The van der Waals surface area contributed by atoms with Crippen LogP contribution < -0.4 is 15.4 Å². The minimum Gasteiger partial charge on any atom is -0.475 e. The maximum absolute atomic E-state index is 12.2. The number of halogens is 3. The molecule has 8 heteroatoms. The van der Waals surface area contributed by atoms with Crippen LogP contribution in [0.2, 0.25) is 0 Å². The van der Waals surface area contributed by atoms with Crippen molar-refractivity contribution in [3.8, 4) is 5.88 Å². The first-order chi connectivity index (χ1) is 10.8. The monoisotopic (exact) mass is 332 g/mol. The molecule has 0 amide bonds. The van der Waals surface area contributed by atoms with Crippen molar-refractivity contribution in [2.45, 2.75) is 46.0 Å². The van der Waals surface area contributed by atoms with Gasteiger partial charge in [0.25, 0.3) is 0 Å². The lowest BCUT2D eigenvalue weighted by molar-refractivity contribution is -0.132. The maximum Gasteiger partial charge on any atom is 0.390 e. The number of nitrogens with one attached hydrogen (secondary N) is 2. The highest BCUT2D eigenvalue weighted by Crippen LogP contribution is 2.18. The van der Waals surface area contributed by atoms with Crippen LogP contribution in [-0.2, 0) is 6.54 Å². The number of aliphatic imine (C=N–C) groups is 1. The summed E-state index contributed by atoms with van der Waals surface area (Å²) in [6.45, 7) is 6.34. The van der Waals surface area contributed by atoms with Gasteiger partial charge in [0.05, 0.1) is 19.1 Å². The molecule has 0 bridgehead atoms. The van der Waals surface area contributed by atoms with Gasteiger partial charge in [0.1, 0.15) is 0 Å². The minimum absolute atomic E-state index is 0.0459. The van der Waals surface area contributed by atoms with Crippen molar-refractivity contribution >= 4 is 5.96 Å². The zero-order chi connectivity index (χ0) is 17.3. The van der Waals surface area contributed by atoms with E-state index in [1.807, 2.05) is 26.8 Å². The Labute approximate surface area is 134 Å². The average Bonchev–Trinajstić information content (AvgIpc) is 2.44. The molecule has 23 heavy (non-hydrogen) atoms. The largest absolute Gasteiger partial charge is 0.475 e.